The van der Waals surface area contributed by atoms with Crippen LogP contribution in [0.5, 0.6) is 0 Å². The molecule has 1 atom stereocenters. The first-order chi connectivity index (χ1) is 6.47. The van der Waals surface area contributed by atoms with Crippen LogP contribution in [0.1, 0.15) is 27.7 Å². The number of hydrogen-bond donors (Lipinski definition) is 0. The smallest absolute Gasteiger partial charge is 0.0674 e. The summed E-state index contributed by atoms with van der Waals surface area (Å²) in [6, 6.07) is 0. The minimum Gasteiger partial charge on any atom is -0.376 e. The van der Waals surface area contributed by atoms with E-state index in [1.165, 1.54) is 0 Å². The molecule has 3 heteroatoms. The summed E-state index contributed by atoms with van der Waals surface area (Å²) < 4.78 is 11.2. The molecule has 0 aliphatic carbocycles. The fourth-order valence-corrected chi connectivity index (χ4v) is 1.57. The third-order valence-corrected chi connectivity index (χ3v) is 2.27. The van der Waals surface area contributed by atoms with Gasteiger partial charge < -0.3 is 9.47 Å². The summed E-state index contributed by atoms with van der Waals surface area (Å²) in [6.45, 7) is 13.2. The van der Waals surface area contributed by atoms with Gasteiger partial charge in [-0.05, 0) is 27.7 Å². The highest BCUT2D eigenvalue weighted by Gasteiger charge is 2.17. The van der Waals surface area contributed by atoms with Gasteiger partial charge in [-0.15, -0.1) is 0 Å². The molecule has 1 heterocycles. The second-order valence-electron chi connectivity index (χ2n) is 4.94. The van der Waals surface area contributed by atoms with E-state index >= 15 is 0 Å². The summed E-state index contributed by atoms with van der Waals surface area (Å²) in [7, 11) is 0. The van der Waals surface area contributed by atoms with Crippen LogP contribution in [0.3, 0.4) is 0 Å². The van der Waals surface area contributed by atoms with E-state index < -0.39 is 0 Å². The molecule has 1 aliphatic heterocycles. The van der Waals surface area contributed by atoms with Gasteiger partial charge in [0.15, 0.2) is 0 Å². The van der Waals surface area contributed by atoms with Gasteiger partial charge in [0.25, 0.3) is 0 Å². The summed E-state index contributed by atoms with van der Waals surface area (Å²) in [5.41, 5.74) is -0.0160. The first-order valence-corrected chi connectivity index (χ1v) is 5.45. The lowest BCUT2D eigenvalue weighted by atomic mass is 10.2. The fourth-order valence-electron chi connectivity index (χ4n) is 1.57. The van der Waals surface area contributed by atoms with Crippen LogP contribution >= 0.6 is 0 Å². The highest BCUT2D eigenvalue weighted by atomic mass is 16.5. The summed E-state index contributed by atoms with van der Waals surface area (Å²) in [6.07, 6.45) is 0.374. The molecule has 3 nitrogen and oxygen atoms in total. The monoisotopic (exact) mass is 201 g/mol. The second-order valence-corrected chi connectivity index (χ2v) is 4.94. The molecule has 0 aromatic rings. The van der Waals surface area contributed by atoms with Crippen LogP contribution in [0.15, 0.2) is 0 Å². The Morgan fingerprint density at radius 2 is 2.14 bits per heavy atom. The van der Waals surface area contributed by atoms with Crippen LogP contribution in [0.25, 0.3) is 0 Å². The molecule has 1 unspecified atom stereocenters. The van der Waals surface area contributed by atoms with Crippen molar-refractivity contribution in [1.82, 2.24) is 4.90 Å². The fraction of sp³-hybridized carbons (Fsp3) is 1.00. The van der Waals surface area contributed by atoms with Crippen molar-refractivity contribution in [1.29, 1.82) is 0 Å². The summed E-state index contributed by atoms with van der Waals surface area (Å²) in [5, 5.41) is 0. The third kappa shape index (κ3) is 4.94. The van der Waals surface area contributed by atoms with Crippen molar-refractivity contribution in [2.24, 2.45) is 0 Å². The Labute approximate surface area is 87.4 Å². The lowest BCUT2D eigenvalue weighted by molar-refractivity contribution is -0.0480. The molecule has 0 aromatic heterocycles. The minimum absolute atomic E-state index is 0.0160. The van der Waals surface area contributed by atoms with Crippen LogP contribution < -0.4 is 0 Å². The normalized spacial score (nSPS) is 25.3. The van der Waals surface area contributed by atoms with E-state index in [9.17, 15) is 0 Å². The predicted molar refractivity (Wildman–Crippen MR) is 57.6 cm³/mol. The molecule has 1 aliphatic rings. The van der Waals surface area contributed by atoms with Crippen molar-refractivity contribution in [3.05, 3.63) is 0 Å². The van der Waals surface area contributed by atoms with Crippen molar-refractivity contribution >= 4 is 0 Å². The van der Waals surface area contributed by atoms with Crippen LogP contribution in [0.2, 0.25) is 0 Å². The summed E-state index contributed by atoms with van der Waals surface area (Å²) in [5.74, 6) is 0. The highest BCUT2D eigenvalue weighted by molar-refractivity contribution is 4.68. The van der Waals surface area contributed by atoms with Gasteiger partial charge in [-0.25, -0.2) is 0 Å². The molecule has 0 saturated carbocycles. The van der Waals surface area contributed by atoms with E-state index in [0.29, 0.717) is 6.10 Å². The second kappa shape index (κ2) is 5.10. The Bertz CT molecular complexity index is 165. The van der Waals surface area contributed by atoms with Gasteiger partial charge in [0.1, 0.15) is 0 Å². The van der Waals surface area contributed by atoms with Gasteiger partial charge in [-0.3, -0.25) is 4.90 Å². The van der Waals surface area contributed by atoms with E-state index in [4.69, 9.17) is 9.47 Å². The van der Waals surface area contributed by atoms with Crippen LogP contribution in [-0.2, 0) is 9.47 Å². The molecular formula is C11H23NO2. The molecule has 1 rings (SSSR count). The van der Waals surface area contributed by atoms with E-state index in [-0.39, 0.29) is 5.60 Å². The largest absolute Gasteiger partial charge is 0.376 e. The lowest BCUT2D eigenvalue weighted by Gasteiger charge is -2.31. The molecule has 0 aromatic carbocycles. The Hall–Kier alpha value is -0.120. The summed E-state index contributed by atoms with van der Waals surface area (Å²) in [4.78, 5) is 2.40. The Kier molecular flexibility index (Phi) is 4.35. The van der Waals surface area contributed by atoms with E-state index in [1.54, 1.807) is 0 Å². The molecule has 0 bridgehead atoms. The average Bonchev–Trinajstić information content (AvgIpc) is 2.01. The molecule has 1 saturated heterocycles. The van der Waals surface area contributed by atoms with Gasteiger partial charge in [-0.2, -0.15) is 0 Å². The Balaban J connectivity index is 2.12. The Morgan fingerprint density at radius 3 is 2.71 bits per heavy atom. The standard InChI is InChI=1S/C11H23NO2/c1-10-9-12(5-7-13-10)6-8-14-11(2,3)4/h10H,5-9H2,1-4H3. The molecular weight excluding hydrogens is 178 g/mol. The van der Waals surface area contributed by atoms with Crippen molar-refractivity contribution in [3.63, 3.8) is 0 Å². The molecule has 0 N–H and O–H groups in total. The van der Waals surface area contributed by atoms with Crippen LogP contribution in [-0.4, -0.2) is 49.5 Å². The minimum atomic E-state index is -0.0160. The first-order valence-electron chi connectivity index (χ1n) is 5.45. The summed E-state index contributed by atoms with van der Waals surface area (Å²) >= 11 is 0. The van der Waals surface area contributed by atoms with Gasteiger partial charge in [-0.1, -0.05) is 0 Å². The van der Waals surface area contributed by atoms with Gasteiger partial charge in [0, 0.05) is 19.6 Å². The van der Waals surface area contributed by atoms with Gasteiger partial charge >= 0.3 is 0 Å². The maximum absolute atomic E-state index is 5.68. The first kappa shape index (κ1) is 12.0. The zero-order valence-corrected chi connectivity index (χ0v) is 9.88. The predicted octanol–water partition coefficient (Wildman–Crippen LogP) is 1.52. The van der Waals surface area contributed by atoms with Crippen molar-refractivity contribution < 1.29 is 9.47 Å². The molecule has 0 radical (unpaired) electrons. The average molecular weight is 201 g/mol. The number of hydrogen-bond acceptors (Lipinski definition) is 3. The van der Waals surface area contributed by atoms with Crippen LogP contribution in [0.4, 0.5) is 0 Å². The van der Waals surface area contributed by atoms with E-state index in [0.717, 1.165) is 32.8 Å². The molecule has 14 heavy (non-hydrogen) atoms. The van der Waals surface area contributed by atoms with Crippen molar-refractivity contribution in [3.8, 4) is 0 Å². The molecule has 0 amide bonds. The Morgan fingerprint density at radius 1 is 1.43 bits per heavy atom. The highest BCUT2D eigenvalue weighted by Crippen LogP contribution is 2.08. The number of nitrogens with zero attached hydrogens (tertiary/aromatic N) is 1. The zero-order chi connectivity index (χ0) is 10.6. The molecule has 1 fully saturated rings. The van der Waals surface area contributed by atoms with Crippen LogP contribution in [0, 0.1) is 0 Å². The van der Waals surface area contributed by atoms with E-state index in [2.05, 4.69) is 32.6 Å². The number of morpholine rings is 1. The maximum atomic E-state index is 5.68. The van der Waals surface area contributed by atoms with Gasteiger partial charge in [0.2, 0.25) is 0 Å². The van der Waals surface area contributed by atoms with Gasteiger partial charge in [0.05, 0.1) is 24.9 Å². The lowest BCUT2D eigenvalue weighted by Crippen LogP contribution is -2.43. The molecule has 0 spiro atoms. The third-order valence-electron chi connectivity index (χ3n) is 2.27. The number of rotatable bonds is 3. The van der Waals surface area contributed by atoms with Crippen molar-refractivity contribution in [2.75, 3.05) is 32.8 Å². The number of ether oxygens (including phenoxy) is 2. The topological polar surface area (TPSA) is 21.7 Å². The SMILES string of the molecule is CC1CN(CCOC(C)(C)C)CCO1. The van der Waals surface area contributed by atoms with E-state index in [1.807, 2.05) is 0 Å². The van der Waals surface area contributed by atoms with Crippen molar-refractivity contribution in [2.45, 2.75) is 39.4 Å². The molecule has 84 valence electrons. The maximum Gasteiger partial charge on any atom is 0.0674 e. The zero-order valence-electron chi connectivity index (χ0n) is 9.88. The quantitative estimate of drug-likeness (QED) is 0.691.